The Balaban J connectivity index is 1.33. The lowest BCUT2D eigenvalue weighted by Gasteiger charge is -2.37. The number of benzene rings is 2. The van der Waals surface area contributed by atoms with Gasteiger partial charge in [-0.1, -0.05) is 42.0 Å². The van der Waals surface area contributed by atoms with Crippen molar-refractivity contribution in [2.24, 2.45) is 5.10 Å². The molecule has 7 heteroatoms. The van der Waals surface area contributed by atoms with Gasteiger partial charge in [0, 0.05) is 32.4 Å². The van der Waals surface area contributed by atoms with Gasteiger partial charge in [0.1, 0.15) is 5.75 Å². The van der Waals surface area contributed by atoms with Gasteiger partial charge in [-0.15, -0.1) is 0 Å². The first-order valence-corrected chi connectivity index (χ1v) is 12.2. The molecule has 0 radical (unpaired) electrons. The maximum Gasteiger partial charge on any atom is 0.257 e. The number of nitrogens with zero attached hydrogens (tertiary/aromatic N) is 3. The van der Waals surface area contributed by atoms with E-state index in [9.17, 15) is 4.79 Å². The highest BCUT2D eigenvalue weighted by Crippen LogP contribution is 2.35. The molecule has 0 bridgehead atoms. The smallest absolute Gasteiger partial charge is 0.257 e. The number of aryl methyl sites for hydroxylation is 1. The van der Waals surface area contributed by atoms with Crippen molar-refractivity contribution in [3.63, 3.8) is 0 Å². The zero-order valence-electron chi connectivity index (χ0n) is 20.0. The van der Waals surface area contributed by atoms with Crippen molar-refractivity contribution in [3.8, 4) is 5.75 Å². The molecule has 180 valence electrons. The summed E-state index contributed by atoms with van der Waals surface area (Å²) in [5, 5.41) is 6.53. The molecule has 2 fully saturated rings. The van der Waals surface area contributed by atoms with Crippen molar-refractivity contribution in [1.29, 1.82) is 0 Å². The van der Waals surface area contributed by atoms with Crippen molar-refractivity contribution >= 4 is 11.6 Å². The molecule has 1 atom stereocenters. The number of carbonyl (C=O) groups is 1. The van der Waals surface area contributed by atoms with Crippen LogP contribution in [0.25, 0.3) is 0 Å². The largest absolute Gasteiger partial charge is 0.494 e. The highest BCUT2D eigenvalue weighted by Gasteiger charge is 2.41. The Bertz CT molecular complexity index is 1020. The molecule has 2 aromatic carbocycles. The van der Waals surface area contributed by atoms with Gasteiger partial charge < -0.3 is 14.2 Å². The molecule has 3 aliphatic rings. The van der Waals surface area contributed by atoms with Crippen LogP contribution in [0.5, 0.6) is 5.75 Å². The molecule has 2 aromatic rings. The van der Waals surface area contributed by atoms with Crippen LogP contribution in [0.1, 0.15) is 48.9 Å². The Morgan fingerprint density at radius 1 is 1.06 bits per heavy atom. The van der Waals surface area contributed by atoms with Crippen LogP contribution < -0.4 is 4.74 Å². The predicted octanol–water partition coefficient (Wildman–Crippen LogP) is 3.91. The van der Waals surface area contributed by atoms with Crippen LogP contribution in [-0.4, -0.2) is 66.8 Å². The van der Waals surface area contributed by atoms with Crippen LogP contribution in [0, 0.1) is 6.92 Å². The average molecular weight is 464 g/mol. The molecule has 34 heavy (non-hydrogen) atoms. The van der Waals surface area contributed by atoms with Crippen LogP contribution in [-0.2, 0) is 14.3 Å². The van der Waals surface area contributed by atoms with E-state index in [2.05, 4.69) is 36.1 Å². The average Bonchev–Trinajstić information content (AvgIpc) is 3.50. The van der Waals surface area contributed by atoms with Gasteiger partial charge in [-0.3, -0.25) is 9.69 Å². The Kier molecular flexibility index (Phi) is 6.68. The molecular formula is C27H33N3O4. The summed E-state index contributed by atoms with van der Waals surface area (Å²) in [6.07, 6.45) is 2.27. The molecule has 0 saturated carbocycles. The predicted molar refractivity (Wildman–Crippen MR) is 130 cm³/mol. The van der Waals surface area contributed by atoms with E-state index in [-0.39, 0.29) is 11.9 Å². The van der Waals surface area contributed by atoms with Crippen molar-refractivity contribution in [1.82, 2.24) is 9.91 Å². The molecule has 7 nitrogen and oxygen atoms in total. The number of hydrogen-bond acceptors (Lipinski definition) is 6. The number of hydrazone groups is 1. The maximum atomic E-state index is 13.5. The van der Waals surface area contributed by atoms with Crippen molar-refractivity contribution in [3.05, 3.63) is 65.2 Å². The van der Waals surface area contributed by atoms with Crippen LogP contribution in [0.15, 0.2) is 53.6 Å². The van der Waals surface area contributed by atoms with Crippen molar-refractivity contribution in [2.45, 2.75) is 44.9 Å². The molecule has 0 aliphatic carbocycles. The summed E-state index contributed by atoms with van der Waals surface area (Å²) in [6.45, 7) is 7.89. The third kappa shape index (κ3) is 4.87. The normalized spacial score (nSPS) is 22.2. The lowest BCUT2D eigenvalue weighted by atomic mass is 9.98. The quantitative estimate of drug-likeness (QED) is 0.650. The standard InChI is InChI=1S/C27H33N3O4/c1-3-32-23-10-8-22(9-11-23)25-18-24(21-6-4-20(2)5-7-21)28-30(25)26(31)19-29-14-12-27(13-15-29)33-16-17-34-27/h4-11,25H,3,12-19H2,1-2H3. The van der Waals surface area contributed by atoms with E-state index in [1.807, 2.05) is 31.2 Å². The summed E-state index contributed by atoms with van der Waals surface area (Å²) in [5.41, 5.74) is 4.27. The van der Waals surface area contributed by atoms with Gasteiger partial charge >= 0.3 is 0 Å². The SMILES string of the molecule is CCOc1ccc(C2CC(c3ccc(C)cc3)=NN2C(=O)CN2CCC3(CC2)OCCO3)cc1. The van der Waals surface area contributed by atoms with Gasteiger partial charge in [0.05, 0.1) is 38.1 Å². The molecule has 1 unspecified atom stereocenters. The second-order valence-corrected chi connectivity index (χ2v) is 9.26. The zero-order chi connectivity index (χ0) is 23.5. The van der Waals surface area contributed by atoms with E-state index in [0.717, 1.165) is 48.5 Å². The Morgan fingerprint density at radius 2 is 1.74 bits per heavy atom. The molecule has 1 amide bonds. The molecular weight excluding hydrogens is 430 g/mol. The van der Waals surface area contributed by atoms with E-state index in [0.29, 0.717) is 32.8 Å². The summed E-state index contributed by atoms with van der Waals surface area (Å²) in [4.78, 5) is 15.7. The van der Waals surface area contributed by atoms with Gasteiger partial charge in [0.25, 0.3) is 5.91 Å². The second-order valence-electron chi connectivity index (χ2n) is 9.26. The molecule has 1 spiro atoms. The number of piperidine rings is 1. The maximum absolute atomic E-state index is 13.5. The van der Waals surface area contributed by atoms with Crippen LogP contribution >= 0.6 is 0 Å². The fourth-order valence-corrected chi connectivity index (χ4v) is 4.97. The first-order valence-electron chi connectivity index (χ1n) is 12.2. The summed E-state index contributed by atoms with van der Waals surface area (Å²) in [5.74, 6) is 0.417. The Morgan fingerprint density at radius 3 is 2.38 bits per heavy atom. The molecule has 3 aliphatic heterocycles. The number of carbonyl (C=O) groups excluding carboxylic acids is 1. The number of rotatable bonds is 6. The van der Waals surface area contributed by atoms with Gasteiger partial charge in [0.2, 0.25) is 0 Å². The van der Waals surface area contributed by atoms with Gasteiger partial charge in [-0.25, -0.2) is 5.01 Å². The lowest BCUT2D eigenvalue weighted by Crippen LogP contribution is -2.48. The second kappa shape index (κ2) is 9.86. The number of ether oxygens (including phenoxy) is 3. The minimum atomic E-state index is -0.436. The third-order valence-electron chi connectivity index (χ3n) is 6.92. The minimum Gasteiger partial charge on any atom is -0.494 e. The molecule has 3 heterocycles. The summed E-state index contributed by atoms with van der Waals surface area (Å²) in [6, 6.07) is 16.2. The van der Waals surface area contributed by atoms with Crippen molar-refractivity contribution in [2.75, 3.05) is 39.5 Å². The number of likely N-dealkylation sites (tertiary alicyclic amines) is 1. The fraction of sp³-hybridized carbons (Fsp3) is 0.481. The number of hydrogen-bond donors (Lipinski definition) is 0. The highest BCUT2D eigenvalue weighted by molar-refractivity contribution is 6.03. The molecule has 0 N–H and O–H groups in total. The molecule has 2 saturated heterocycles. The van der Waals surface area contributed by atoms with Gasteiger partial charge in [-0.2, -0.15) is 5.10 Å². The number of amides is 1. The molecule has 0 aromatic heterocycles. The van der Waals surface area contributed by atoms with Crippen molar-refractivity contribution < 1.29 is 19.0 Å². The van der Waals surface area contributed by atoms with E-state index >= 15 is 0 Å². The van der Waals surface area contributed by atoms with E-state index in [1.54, 1.807) is 5.01 Å². The van der Waals surface area contributed by atoms with Gasteiger partial charge in [0.15, 0.2) is 5.79 Å². The molecule has 5 rings (SSSR count). The van der Waals surface area contributed by atoms with Crippen LogP contribution in [0.3, 0.4) is 0 Å². The van der Waals surface area contributed by atoms with Crippen LogP contribution in [0.2, 0.25) is 0 Å². The summed E-state index contributed by atoms with van der Waals surface area (Å²) in [7, 11) is 0. The monoisotopic (exact) mass is 463 g/mol. The van der Waals surface area contributed by atoms with E-state index < -0.39 is 5.79 Å². The Hall–Kier alpha value is -2.74. The van der Waals surface area contributed by atoms with Crippen LogP contribution in [0.4, 0.5) is 0 Å². The highest BCUT2D eigenvalue weighted by atomic mass is 16.7. The summed E-state index contributed by atoms with van der Waals surface area (Å²) >= 11 is 0. The minimum absolute atomic E-state index is 0.0187. The van der Waals surface area contributed by atoms with E-state index in [1.165, 1.54) is 5.56 Å². The zero-order valence-corrected chi connectivity index (χ0v) is 20.0. The summed E-state index contributed by atoms with van der Waals surface area (Å²) < 4.78 is 17.3. The Labute approximate surface area is 201 Å². The fourth-order valence-electron chi connectivity index (χ4n) is 4.97. The topological polar surface area (TPSA) is 63.6 Å². The van der Waals surface area contributed by atoms with E-state index in [4.69, 9.17) is 19.3 Å². The third-order valence-corrected chi connectivity index (χ3v) is 6.92. The first-order chi connectivity index (χ1) is 16.5. The lowest BCUT2D eigenvalue weighted by molar-refractivity contribution is -0.186. The van der Waals surface area contributed by atoms with Gasteiger partial charge in [-0.05, 0) is 37.1 Å². The first kappa shape index (κ1) is 23.0.